The average molecular weight is 549 g/mol. The van der Waals surface area contributed by atoms with Crippen molar-refractivity contribution in [3.8, 4) is 0 Å². The van der Waals surface area contributed by atoms with Gasteiger partial charge in [-0.2, -0.15) is 0 Å². The van der Waals surface area contributed by atoms with Crippen LogP contribution in [0.2, 0.25) is 0 Å². The van der Waals surface area contributed by atoms with E-state index in [1.807, 2.05) is 27.7 Å². The number of carbonyl (C=O) groups is 5. The molecule has 2 aliphatic carbocycles. The molecule has 218 valence electrons. The SMILES string of the molecule is CCCC(=O)O[C@@H]1C[C@@H](OC(C)=O)C(C)(C)C/C=C(\C)C(=O)[C@@]2(OC(C)=O)C[C@H](C)[C@H](OC(C)=O)[C@@H]2/C=C/1C. The Balaban J connectivity index is 2.82. The van der Waals surface area contributed by atoms with Gasteiger partial charge in [0.15, 0.2) is 5.60 Å². The van der Waals surface area contributed by atoms with E-state index >= 15 is 0 Å². The number of Topliss-reactive ketones (excluding diaryl/α,β-unsaturated/α-hetero) is 1. The van der Waals surface area contributed by atoms with Crippen molar-refractivity contribution >= 4 is 29.7 Å². The van der Waals surface area contributed by atoms with Gasteiger partial charge in [-0.3, -0.25) is 24.0 Å². The highest BCUT2D eigenvalue weighted by Crippen LogP contribution is 2.48. The molecule has 1 saturated carbocycles. The van der Waals surface area contributed by atoms with Crippen LogP contribution < -0.4 is 0 Å². The lowest BCUT2D eigenvalue weighted by molar-refractivity contribution is -0.169. The first kappa shape index (κ1) is 32.2. The summed E-state index contributed by atoms with van der Waals surface area (Å²) in [6, 6.07) is 0. The fourth-order valence-corrected chi connectivity index (χ4v) is 5.65. The fourth-order valence-electron chi connectivity index (χ4n) is 5.65. The van der Waals surface area contributed by atoms with E-state index in [1.54, 1.807) is 26.0 Å². The van der Waals surface area contributed by atoms with Gasteiger partial charge in [-0.15, -0.1) is 0 Å². The van der Waals surface area contributed by atoms with Crippen LogP contribution in [0.25, 0.3) is 0 Å². The Labute approximate surface area is 231 Å². The van der Waals surface area contributed by atoms with Crippen molar-refractivity contribution in [3.05, 3.63) is 23.3 Å². The Kier molecular flexibility index (Phi) is 10.7. The highest BCUT2D eigenvalue weighted by Gasteiger charge is 2.60. The Bertz CT molecular complexity index is 1040. The van der Waals surface area contributed by atoms with Crippen LogP contribution >= 0.6 is 0 Å². The number of allylic oxidation sites excluding steroid dienone is 1. The third kappa shape index (κ3) is 7.79. The van der Waals surface area contributed by atoms with E-state index in [2.05, 4.69) is 0 Å². The van der Waals surface area contributed by atoms with Gasteiger partial charge >= 0.3 is 23.9 Å². The van der Waals surface area contributed by atoms with Crippen LogP contribution in [-0.2, 0) is 42.9 Å². The molecule has 0 radical (unpaired) electrons. The summed E-state index contributed by atoms with van der Waals surface area (Å²) in [4.78, 5) is 63.3. The molecule has 0 aliphatic heterocycles. The quantitative estimate of drug-likeness (QED) is 0.262. The number of rotatable bonds is 6. The van der Waals surface area contributed by atoms with Crippen LogP contribution in [0.3, 0.4) is 0 Å². The van der Waals surface area contributed by atoms with E-state index in [4.69, 9.17) is 18.9 Å². The zero-order valence-corrected chi connectivity index (χ0v) is 24.8. The lowest BCUT2D eigenvalue weighted by Crippen LogP contribution is -2.49. The van der Waals surface area contributed by atoms with Crippen molar-refractivity contribution in [2.75, 3.05) is 0 Å². The highest BCUT2D eigenvalue weighted by molar-refractivity contribution is 6.03. The van der Waals surface area contributed by atoms with Gasteiger partial charge in [0.05, 0.1) is 5.92 Å². The summed E-state index contributed by atoms with van der Waals surface area (Å²) in [5, 5.41) is 0. The number of ketones is 1. The molecule has 0 heterocycles. The summed E-state index contributed by atoms with van der Waals surface area (Å²) < 4.78 is 23.2. The van der Waals surface area contributed by atoms with Crippen molar-refractivity contribution in [1.29, 1.82) is 0 Å². The van der Waals surface area contributed by atoms with E-state index in [1.165, 1.54) is 20.8 Å². The smallest absolute Gasteiger partial charge is 0.306 e. The minimum Gasteiger partial charge on any atom is -0.462 e. The summed E-state index contributed by atoms with van der Waals surface area (Å²) in [6.07, 6.45) is 2.81. The van der Waals surface area contributed by atoms with Crippen molar-refractivity contribution in [2.45, 2.75) is 118 Å². The average Bonchev–Trinajstić information content (AvgIpc) is 3.05. The second-order valence-electron chi connectivity index (χ2n) is 11.6. The first-order valence-corrected chi connectivity index (χ1v) is 13.7. The molecule has 2 rings (SSSR count). The molecule has 0 spiro atoms. The zero-order chi connectivity index (χ0) is 29.7. The van der Waals surface area contributed by atoms with Crippen LogP contribution in [0, 0.1) is 17.3 Å². The topological polar surface area (TPSA) is 122 Å². The third-order valence-corrected chi connectivity index (χ3v) is 7.67. The van der Waals surface area contributed by atoms with Gasteiger partial charge in [0, 0.05) is 45.4 Å². The molecule has 6 atom stereocenters. The summed E-state index contributed by atoms with van der Waals surface area (Å²) in [5.74, 6) is -3.55. The van der Waals surface area contributed by atoms with E-state index in [0.29, 0.717) is 24.0 Å². The number of carbonyl (C=O) groups excluding carboxylic acids is 5. The predicted octanol–water partition coefficient (Wildman–Crippen LogP) is 4.80. The number of ether oxygens (including phenoxy) is 4. The van der Waals surface area contributed by atoms with Crippen molar-refractivity contribution in [1.82, 2.24) is 0 Å². The number of hydrogen-bond donors (Lipinski definition) is 0. The molecular weight excluding hydrogens is 504 g/mol. The Morgan fingerprint density at radius 2 is 1.59 bits per heavy atom. The minimum absolute atomic E-state index is 0.155. The molecule has 0 bridgehead atoms. The van der Waals surface area contributed by atoms with Gasteiger partial charge < -0.3 is 18.9 Å². The summed E-state index contributed by atoms with van der Waals surface area (Å²) >= 11 is 0. The minimum atomic E-state index is -1.61. The lowest BCUT2D eigenvalue weighted by atomic mass is 9.76. The molecule has 0 aromatic rings. The number of fused-ring (bicyclic) bond motifs is 1. The first-order valence-electron chi connectivity index (χ1n) is 13.7. The van der Waals surface area contributed by atoms with Gasteiger partial charge in [0.1, 0.15) is 18.3 Å². The van der Waals surface area contributed by atoms with Gasteiger partial charge in [-0.05, 0) is 43.8 Å². The van der Waals surface area contributed by atoms with Gasteiger partial charge in [-0.25, -0.2) is 0 Å². The maximum absolute atomic E-state index is 14.1. The second-order valence-corrected chi connectivity index (χ2v) is 11.6. The van der Waals surface area contributed by atoms with Crippen molar-refractivity contribution < 1.29 is 42.9 Å². The molecule has 9 heteroatoms. The van der Waals surface area contributed by atoms with Crippen LogP contribution in [0.5, 0.6) is 0 Å². The monoisotopic (exact) mass is 548 g/mol. The Morgan fingerprint density at radius 3 is 2.13 bits per heavy atom. The van der Waals surface area contributed by atoms with E-state index < -0.39 is 59.1 Å². The molecule has 0 amide bonds. The largest absolute Gasteiger partial charge is 0.462 e. The molecule has 0 aromatic heterocycles. The Hall–Kier alpha value is -2.97. The van der Waals surface area contributed by atoms with Crippen LogP contribution in [0.4, 0.5) is 0 Å². The van der Waals surface area contributed by atoms with Crippen LogP contribution in [-0.4, -0.2) is 53.6 Å². The maximum Gasteiger partial charge on any atom is 0.306 e. The third-order valence-electron chi connectivity index (χ3n) is 7.67. The second kappa shape index (κ2) is 12.9. The lowest BCUT2D eigenvalue weighted by Gasteiger charge is -2.38. The molecule has 0 saturated heterocycles. The van der Waals surface area contributed by atoms with Gasteiger partial charge in [-0.1, -0.05) is 39.8 Å². The van der Waals surface area contributed by atoms with E-state index in [0.717, 1.165) is 0 Å². The summed E-state index contributed by atoms with van der Waals surface area (Å²) in [6.45, 7) is 14.8. The molecule has 1 fully saturated rings. The molecular formula is C30H44O9. The van der Waals surface area contributed by atoms with E-state index in [-0.39, 0.29) is 31.0 Å². The summed E-state index contributed by atoms with van der Waals surface area (Å²) in [5.41, 5.74) is -1.26. The molecule has 39 heavy (non-hydrogen) atoms. The standard InChI is InChI=1S/C30H44O9/c1-10-11-26(34)38-24-15-25(36-20(5)31)29(8,9)13-12-17(2)28(35)30(39-22(7)33)16-19(4)27(37-21(6)32)23(30)14-18(24)3/h12,14,19,23-25,27H,10-11,13,15-16H2,1-9H3/b17-12+,18-14+/t19-,23-,24+,25+,27-,30+/m0/s1. The number of esters is 4. The molecule has 0 N–H and O–H groups in total. The van der Waals surface area contributed by atoms with E-state index in [9.17, 15) is 24.0 Å². The first-order chi connectivity index (χ1) is 18.0. The van der Waals surface area contributed by atoms with Crippen LogP contribution in [0.15, 0.2) is 23.3 Å². The summed E-state index contributed by atoms with van der Waals surface area (Å²) in [7, 11) is 0. The maximum atomic E-state index is 14.1. The van der Waals surface area contributed by atoms with Crippen LogP contribution in [0.1, 0.15) is 94.4 Å². The molecule has 2 aliphatic rings. The van der Waals surface area contributed by atoms with Crippen molar-refractivity contribution in [2.24, 2.45) is 17.3 Å². The highest BCUT2D eigenvalue weighted by atomic mass is 16.6. The molecule has 0 unspecified atom stereocenters. The molecule has 0 aromatic carbocycles. The zero-order valence-electron chi connectivity index (χ0n) is 24.8. The van der Waals surface area contributed by atoms with Gasteiger partial charge in [0.2, 0.25) is 5.78 Å². The predicted molar refractivity (Wildman–Crippen MR) is 143 cm³/mol. The fraction of sp³-hybridized carbons (Fsp3) is 0.700. The normalized spacial score (nSPS) is 33.6. The number of hydrogen-bond acceptors (Lipinski definition) is 9. The van der Waals surface area contributed by atoms with Crippen molar-refractivity contribution in [3.63, 3.8) is 0 Å². The van der Waals surface area contributed by atoms with Gasteiger partial charge in [0.25, 0.3) is 0 Å². The Morgan fingerprint density at radius 1 is 0.974 bits per heavy atom. The molecule has 9 nitrogen and oxygen atoms in total.